The highest BCUT2D eigenvalue weighted by molar-refractivity contribution is 5.91. The number of carbonyl (C=O) groups excluding carboxylic acids is 6. The Morgan fingerprint density at radius 3 is 0.735 bits per heavy atom. The van der Waals surface area contributed by atoms with Crippen molar-refractivity contribution in [1.29, 1.82) is 0 Å². The van der Waals surface area contributed by atoms with E-state index >= 15 is 0 Å². The first kappa shape index (κ1) is 81.1. The van der Waals surface area contributed by atoms with Crippen LogP contribution in [0.15, 0.2) is 72.8 Å². The zero-order valence-electron chi connectivity index (χ0n) is 60.8. The van der Waals surface area contributed by atoms with Gasteiger partial charge in [-0.1, -0.05) is 166 Å². The summed E-state index contributed by atoms with van der Waals surface area (Å²) in [6, 6.07) is 18.4. The Balaban J connectivity index is 1.89. The van der Waals surface area contributed by atoms with E-state index in [-0.39, 0.29) is 66.1 Å². The van der Waals surface area contributed by atoms with E-state index in [1.165, 1.54) is 22.3 Å². The van der Waals surface area contributed by atoms with Gasteiger partial charge in [0.1, 0.15) is 35.8 Å². The maximum atomic E-state index is 12.8. The summed E-state index contributed by atoms with van der Waals surface area (Å²) in [5, 5.41) is 0. The minimum Gasteiger partial charge on any atom is -0.493 e. The van der Waals surface area contributed by atoms with Gasteiger partial charge in [0.25, 0.3) is 0 Å². The lowest BCUT2D eigenvalue weighted by atomic mass is 9.87. The van der Waals surface area contributed by atoms with Crippen LogP contribution in [0, 0.1) is 0 Å². The molecule has 540 valence electrons. The Morgan fingerprint density at radius 1 is 0.296 bits per heavy atom. The molecule has 0 saturated carbocycles. The van der Waals surface area contributed by atoms with Crippen molar-refractivity contribution in [3.63, 3.8) is 0 Å². The number of fused-ring (bicyclic) bond motifs is 8. The molecule has 0 amide bonds. The molecule has 1 aliphatic carbocycles. The van der Waals surface area contributed by atoms with Crippen LogP contribution in [0.3, 0.4) is 0 Å². The fourth-order valence-electron chi connectivity index (χ4n) is 12.2. The lowest BCUT2D eigenvalue weighted by molar-refractivity contribution is -0.156. The monoisotopic (exact) mass is 1360 g/mol. The predicted molar refractivity (Wildman–Crippen MR) is 385 cm³/mol. The molecule has 0 aliphatic heterocycles. The molecule has 5 rings (SSSR count). The molecule has 0 fully saturated rings. The molecule has 4 aromatic carbocycles. The van der Waals surface area contributed by atoms with Gasteiger partial charge in [0.15, 0.2) is 0 Å². The lowest BCUT2D eigenvalue weighted by Gasteiger charge is -2.25. The molecule has 0 unspecified atom stereocenters. The summed E-state index contributed by atoms with van der Waals surface area (Å²) in [4.78, 5) is 75.5. The van der Waals surface area contributed by atoms with Crippen LogP contribution in [0.1, 0.15) is 263 Å². The average molecular weight is 1360 g/mol. The number of hydrogen-bond acceptors (Lipinski definition) is 16. The van der Waals surface area contributed by atoms with E-state index < -0.39 is 48.7 Å². The Bertz CT molecular complexity index is 2870. The third-order valence-corrected chi connectivity index (χ3v) is 17.0. The Morgan fingerprint density at radius 2 is 0.520 bits per heavy atom. The SMILES string of the molecule is C=C(C)C(=O)OCCCOc1c2cc(CCCCCC)cc1Cc1cc(CCCCCC)cc(c1OCCCOC(=O)CC(=O)OCC)Cc1cc(CCCCCC)cc(c1OCCCOC(=O)C(=C)C)Cc1cc(CCCCCC)cc(c1OCCCOC(=O)CC(=O)OCC)C2. The Labute approximate surface area is 585 Å². The van der Waals surface area contributed by atoms with Crippen LogP contribution >= 0.6 is 0 Å². The molecule has 98 heavy (non-hydrogen) atoms. The van der Waals surface area contributed by atoms with Crippen molar-refractivity contribution in [2.45, 2.75) is 248 Å². The standard InChI is InChI=1S/C82H116O16/c1-11-17-21-25-33-61-45-65-53-69-49-63(35-27-23-19-13-3)51-71(79(69)95-41-31-43-97-81(87)59(7)8)55-67-47-62(34-26-22-18-12-2)48-68(78(67)94-40-30-38-92-76(86)58-74(84)90-16-6)56-72-52-64(36-28-24-20-14-4)50-70(80(72)96-42-32-44-98-82(88)60(9)10)54-66(46-61)77(65)93-39-29-37-91-75(85)57-73(83)89-15-5/h45-52H,7,9,11-44,53-58H2,1-6,8,10H3. The number of ether oxygens (including phenoxy) is 10. The normalized spacial score (nSPS) is 11.7. The number of carbonyl (C=O) groups is 6. The second kappa shape index (κ2) is 46.6. The van der Waals surface area contributed by atoms with Gasteiger partial charge in [-0.15, -0.1) is 0 Å². The maximum Gasteiger partial charge on any atom is 0.333 e. The number of hydrogen-bond donors (Lipinski definition) is 0. The molecule has 4 aromatic rings. The van der Waals surface area contributed by atoms with Crippen LogP contribution in [0.2, 0.25) is 0 Å². The minimum absolute atomic E-state index is 0.0293. The second-order valence-corrected chi connectivity index (χ2v) is 26.0. The number of benzene rings is 4. The van der Waals surface area contributed by atoms with Crippen molar-refractivity contribution in [3.05, 3.63) is 140 Å². The molecule has 0 radical (unpaired) electrons. The largest absolute Gasteiger partial charge is 0.493 e. The molecule has 0 saturated heterocycles. The maximum absolute atomic E-state index is 12.8. The first-order chi connectivity index (χ1) is 47.5. The molecule has 8 bridgehead atoms. The van der Waals surface area contributed by atoms with Gasteiger partial charge in [-0.05, 0) is 146 Å². The van der Waals surface area contributed by atoms with Crippen molar-refractivity contribution in [2.75, 3.05) is 66.1 Å². The average Bonchev–Trinajstić information content (AvgIpc) is 0.780. The van der Waals surface area contributed by atoms with Gasteiger partial charge in [0, 0.05) is 62.5 Å². The van der Waals surface area contributed by atoms with Gasteiger partial charge in [0.2, 0.25) is 0 Å². The highest BCUT2D eigenvalue weighted by Gasteiger charge is 2.26. The van der Waals surface area contributed by atoms with Gasteiger partial charge in [-0.3, -0.25) is 19.2 Å². The summed E-state index contributed by atoms with van der Waals surface area (Å²) in [7, 11) is 0. The first-order valence-corrected chi connectivity index (χ1v) is 36.9. The first-order valence-electron chi connectivity index (χ1n) is 36.9. The molecule has 0 spiro atoms. The van der Waals surface area contributed by atoms with E-state index in [1.54, 1.807) is 27.7 Å². The zero-order valence-corrected chi connectivity index (χ0v) is 60.8. The van der Waals surface area contributed by atoms with Gasteiger partial charge in [-0.25, -0.2) is 9.59 Å². The summed E-state index contributed by atoms with van der Waals surface area (Å²) in [5.74, 6) is -0.627. The topological polar surface area (TPSA) is 195 Å². The highest BCUT2D eigenvalue weighted by atomic mass is 16.6. The number of esters is 6. The molecule has 1 aliphatic rings. The van der Waals surface area contributed by atoms with Crippen molar-refractivity contribution in [2.24, 2.45) is 0 Å². The highest BCUT2D eigenvalue weighted by Crippen LogP contribution is 2.42. The van der Waals surface area contributed by atoms with Crippen molar-refractivity contribution in [3.8, 4) is 23.0 Å². The Hall–Kier alpha value is -7.62. The van der Waals surface area contributed by atoms with Crippen LogP contribution in [-0.4, -0.2) is 102 Å². The number of unbranched alkanes of at least 4 members (excludes halogenated alkanes) is 12. The predicted octanol–water partition coefficient (Wildman–Crippen LogP) is 17.2. The number of rotatable bonds is 48. The van der Waals surface area contributed by atoms with Crippen LogP contribution in [0.5, 0.6) is 23.0 Å². The summed E-state index contributed by atoms with van der Waals surface area (Å²) in [5.41, 5.74) is 13.1. The fourth-order valence-corrected chi connectivity index (χ4v) is 12.2. The molecule has 0 atom stereocenters. The quantitative estimate of drug-likeness (QED) is 0.0117. The van der Waals surface area contributed by atoms with Gasteiger partial charge in [0.05, 0.1) is 66.1 Å². The van der Waals surface area contributed by atoms with Crippen LogP contribution < -0.4 is 18.9 Å². The van der Waals surface area contributed by atoms with E-state index in [9.17, 15) is 28.8 Å². The van der Waals surface area contributed by atoms with Crippen molar-refractivity contribution in [1.82, 2.24) is 0 Å². The molecule has 16 heteroatoms. The van der Waals surface area contributed by atoms with Crippen LogP contribution in [0.25, 0.3) is 0 Å². The molecule has 0 N–H and O–H groups in total. The second-order valence-electron chi connectivity index (χ2n) is 26.0. The smallest absolute Gasteiger partial charge is 0.333 e. The van der Waals surface area contributed by atoms with Crippen LogP contribution in [-0.2, 0) is 109 Å². The van der Waals surface area contributed by atoms with E-state index in [1.807, 2.05) is 0 Å². The van der Waals surface area contributed by atoms with Crippen LogP contribution in [0.4, 0.5) is 0 Å². The van der Waals surface area contributed by atoms with E-state index in [0.717, 1.165) is 184 Å². The van der Waals surface area contributed by atoms with E-state index in [2.05, 4.69) is 89.4 Å². The fraction of sp³-hybridized carbons (Fsp3) is 0.585. The molecule has 0 heterocycles. The Kier molecular flexibility index (Phi) is 38.6. The van der Waals surface area contributed by atoms with Gasteiger partial charge in [-0.2, -0.15) is 0 Å². The number of aryl methyl sites for hydroxylation is 4. The van der Waals surface area contributed by atoms with E-state index in [4.69, 9.17) is 47.4 Å². The summed E-state index contributed by atoms with van der Waals surface area (Å²) in [6.45, 7) is 24.7. The summed E-state index contributed by atoms with van der Waals surface area (Å²) < 4.78 is 61.1. The minimum atomic E-state index is -0.663. The van der Waals surface area contributed by atoms with Gasteiger partial charge < -0.3 is 47.4 Å². The molecule has 16 nitrogen and oxygen atoms in total. The molecular formula is C82H116O16. The third kappa shape index (κ3) is 29.8. The van der Waals surface area contributed by atoms with Crippen molar-refractivity contribution < 1.29 is 76.1 Å². The summed E-state index contributed by atoms with van der Waals surface area (Å²) in [6.07, 6.45) is 22.8. The van der Waals surface area contributed by atoms with Crippen molar-refractivity contribution >= 4 is 35.8 Å². The zero-order chi connectivity index (χ0) is 70.9. The molecular weight excluding hydrogens is 1240 g/mol. The van der Waals surface area contributed by atoms with E-state index in [0.29, 0.717) is 74.0 Å². The lowest BCUT2D eigenvalue weighted by Crippen LogP contribution is -2.16. The van der Waals surface area contributed by atoms with Gasteiger partial charge >= 0.3 is 35.8 Å². The third-order valence-electron chi connectivity index (χ3n) is 17.0. The summed E-state index contributed by atoms with van der Waals surface area (Å²) >= 11 is 0. The molecule has 0 aromatic heterocycles.